The molecule has 1 saturated heterocycles. The van der Waals surface area contributed by atoms with E-state index in [9.17, 15) is 4.79 Å². The second-order valence-corrected chi connectivity index (χ2v) is 5.55. The van der Waals surface area contributed by atoms with Crippen molar-refractivity contribution in [1.82, 2.24) is 0 Å². The van der Waals surface area contributed by atoms with Crippen LogP contribution in [-0.2, 0) is 11.2 Å². The Hall–Kier alpha value is -1.45. The van der Waals surface area contributed by atoms with Crippen LogP contribution in [0, 0.1) is 0 Å². The molecular formula is C14H10O2S. The van der Waals surface area contributed by atoms with Crippen LogP contribution in [0.1, 0.15) is 26.9 Å². The topological polar surface area (TPSA) is 29.6 Å². The molecule has 1 aromatic heterocycles. The molecule has 0 radical (unpaired) electrons. The highest BCUT2D eigenvalue weighted by atomic mass is 32.1. The van der Waals surface area contributed by atoms with Crippen LogP contribution in [0.5, 0.6) is 0 Å². The average Bonchev–Trinajstić information content (AvgIpc) is 2.76. The summed E-state index contributed by atoms with van der Waals surface area (Å²) in [5.41, 5.74) is 1.39. The van der Waals surface area contributed by atoms with Gasteiger partial charge in [-0.05, 0) is 17.0 Å². The minimum atomic E-state index is -0.575. The first-order chi connectivity index (χ1) is 8.31. The van der Waals surface area contributed by atoms with Gasteiger partial charge in [0.1, 0.15) is 6.10 Å². The van der Waals surface area contributed by atoms with Crippen LogP contribution in [0.25, 0.3) is 0 Å². The van der Waals surface area contributed by atoms with Crippen LogP contribution in [-0.4, -0.2) is 11.4 Å². The molecule has 2 aromatic rings. The molecule has 2 heterocycles. The Morgan fingerprint density at radius 1 is 1.24 bits per heavy atom. The number of Topliss-reactive ketones (excluding diaryl/α,β-unsaturated/α-hetero) is 1. The van der Waals surface area contributed by atoms with Gasteiger partial charge in [-0.1, -0.05) is 30.3 Å². The van der Waals surface area contributed by atoms with E-state index in [-0.39, 0.29) is 11.9 Å². The Bertz CT molecular complexity index is 602. The molecule has 1 spiro atoms. The lowest BCUT2D eigenvalue weighted by molar-refractivity contribution is 0.0894. The lowest BCUT2D eigenvalue weighted by atomic mass is 10.00. The van der Waals surface area contributed by atoms with Gasteiger partial charge in [0.15, 0.2) is 11.4 Å². The standard InChI is InChI=1S/C14H10O2S/c15-12-10-5-2-1-4-9(10)8-14(12)13(16-14)11-6-3-7-17-11/h1-7,13H,8H2. The Morgan fingerprint density at radius 3 is 2.88 bits per heavy atom. The molecule has 3 heteroatoms. The predicted molar refractivity (Wildman–Crippen MR) is 65.4 cm³/mol. The van der Waals surface area contributed by atoms with E-state index in [1.165, 1.54) is 0 Å². The zero-order valence-electron chi connectivity index (χ0n) is 9.05. The fraction of sp³-hybridized carbons (Fsp3) is 0.214. The van der Waals surface area contributed by atoms with Gasteiger partial charge in [-0.25, -0.2) is 0 Å². The maximum Gasteiger partial charge on any atom is 0.198 e. The van der Waals surface area contributed by atoms with Crippen molar-refractivity contribution in [3.05, 3.63) is 57.8 Å². The molecule has 0 amide bonds. The van der Waals surface area contributed by atoms with Gasteiger partial charge in [-0.3, -0.25) is 4.79 Å². The number of carbonyl (C=O) groups excluding carboxylic acids is 1. The molecule has 0 N–H and O–H groups in total. The van der Waals surface area contributed by atoms with E-state index in [1.807, 2.05) is 41.8 Å². The lowest BCUT2D eigenvalue weighted by Gasteiger charge is -1.98. The van der Waals surface area contributed by atoms with Gasteiger partial charge in [0.05, 0.1) is 0 Å². The summed E-state index contributed by atoms with van der Waals surface area (Å²) in [6.07, 6.45) is 0.701. The molecule has 0 saturated carbocycles. The predicted octanol–water partition coefficient (Wildman–Crippen LogP) is 3.00. The quantitative estimate of drug-likeness (QED) is 0.719. The largest absolute Gasteiger partial charge is 0.351 e. The van der Waals surface area contributed by atoms with Gasteiger partial charge in [0, 0.05) is 16.9 Å². The fourth-order valence-corrected chi connectivity index (χ4v) is 3.53. The Balaban J connectivity index is 1.75. The second-order valence-electron chi connectivity index (χ2n) is 4.57. The number of ether oxygens (including phenoxy) is 1. The van der Waals surface area contributed by atoms with Gasteiger partial charge in [0.2, 0.25) is 0 Å². The number of hydrogen-bond acceptors (Lipinski definition) is 3. The number of benzene rings is 1. The van der Waals surface area contributed by atoms with Gasteiger partial charge in [0.25, 0.3) is 0 Å². The number of carbonyl (C=O) groups is 1. The van der Waals surface area contributed by atoms with E-state index in [2.05, 4.69) is 0 Å². The first kappa shape index (κ1) is 9.57. The Morgan fingerprint density at radius 2 is 2.12 bits per heavy atom. The molecule has 17 heavy (non-hydrogen) atoms. The highest BCUT2D eigenvalue weighted by Gasteiger charge is 2.66. The monoisotopic (exact) mass is 242 g/mol. The summed E-state index contributed by atoms with van der Waals surface area (Å²) in [6, 6.07) is 11.9. The number of rotatable bonds is 1. The van der Waals surface area contributed by atoms with Crippen molar-refractivity contribution in [3.63, 3.8) is 0 Å². The van der Waals surface area contributed by atoms with Crippen molar-refractivity contribution in [1.29, 1.82) is 0 Å². The molecule has 1 fully saturated rings. The molecule has 1 aromatic carbocycles. The maximum atomic E-state index is 12.4. The van der Waals surface area contributed by atoms with Crippen LogP contribution in [0.2, 0.25) is 0 Å². The van der Waals surface area contributed by atoms with Crippen molar-refractivity contribution >= 4 is 17.1 Å². The Labute approximate surface area is 103 Å². The first-order valence-electron chi connectivity index (χ1n) is 5.65. The van der Waals surface area contributed by atoms with Crippen LogP contribution in [0.15, 0.2) is 41.8 Å². The van der Waals surface area contributed by atoms with Crippen LogP contribution in [0.4, 0.5) is 0 Å². The summed E-state index contributed by atoms with van der Waals surface area (Å²) < 4.78 is 5.77. The summed E-state index contributed by atoms with van der Waals surface area (Å²) >= 11 is 1.66. The smallest absolute Gasteiger partial charge is 0.198 e. The molecule has 1 aliphatic carbocycles. The maximum absolute atomic E-state index is 12.4. The number of thiophene rings is 1. The summed E-state index contributed by atoms with van der Waals surface area (Å²) in [7, 11) is 0. The molecule has 2 nitrogen and oxygen atoms in total. The molecular weight excluding hydrogens is 232 g/mol. The third-order valence-electron chi connectivity index (χ3n) is 3.60. The third kappa shape index (κ3) is 1.15. The number of hydrogen-bond donors (Lipinski definition) is 0. The molecule has 2 atom stereocenters. The zero-order chi connectivity index (χ0) is 11.5. The summed E-state index contributed by atoms with van der Waals surface area (Å²) in [5, 5.41) is 2.03. The van der Waals surface area contributed by atoms with Gasteiger partial charge < -0.3 is 4.74 Å². The second kappa shape index (κ2) is 3.06. The molecule has 1 aliphatic heterocycles. The highest BCUT2D eigenvalue weighted by molar-refractivity contribution is 7.10. The molecule has 2 aliphatic rings. The van der Waals surface area contributed by atoms with E-state index < -0.39 is 5.60 Å². The summed E-state index contributed by atoms with van der Waals surface area (Å²) in [5.74, 6) is 0.159. The van der Waals surface area contributed by atoms with Crippen molar-refractivity contribution in [2.75, 3.05) is 0 Å². The van der Waals surface area contributed by atoms with Crippen LogP contribution in [0.3, 0.4) is 0 Å². The molecule has 2 unspecified atom stereocenters. The number of epoxide rings is 1. The number of ketones is 1. The van der Waals surface area contributed by atoms with E-state index in [4.69, 9.17) is 4.74 Å². The minimum absolute atomic E-state index is 0.0256. The molecule has 0 bridgehead atoms. The lowest BCUT2D eigenvalue weighted by Crippen LogP contribution is -2.20. The Kier molecular flexibility index (Phi) is 1.72. The van der Waals surface area contributed by atoms with Crippen molar-refractivity contribution < 1.29 is 9.53 Å². The van der Waals surface area contributed by atoms with E-state index in [0.717, 1.165) is 22.4 Å². The van der Waals surface area contributed by atoms with E-state index >= 15 is 0 Å². The van der Waals surface area contributed by atoms with Crippen molar-refractivity contribution in [2.45, 2.75) is 18.1 Å². The normalized spacial score (nSPS) is 29.6. The first-order valence-corrected chi connectivity index (χ1v) is 6.53. The van der Waals surface area contributed by atoms with Crippen LogP contribution >= 0.6 is 11.3 Å². The molecule has 84 valence electrons. The third-order valence-corrected chi connectivity index (χ3v) is 4.51. The van der Waals surface area contributed by atoms with E-state index in [0.29, 0.717) is 0 Å². The van der Waals surface area contributed by atoms with Gasteiger partial charge in [-0.15, -0.1) is 11.3 Å². The van der Waals surface area contributed by atoms with Crippen LogP contribution < -0.4 is 0 Å². The van der Waals surface area contributed by atoms with Crippen molar-refractivity contribution in [3.8, 4) is 0 Å². The average molecular weight is 242 g/mol. The van der Waals surface area contributed by atoms with Gasteiger partial charge >= 0.3 is 0 Å². The summed E-state index contributed by atoms with van der Waals surface area (Å²) in [4.78, 5) is 13.5. The fourth-order valence-electron chi connectivity index (χ4n) is 2.70. The van der Waals surface area contributed by atoms with Gasteiger partial charge in [-0.2, -0.15) is 0 Å². The zero-order valence-corrected chi connectivity index (χ0v) is 9.87. The molecule has 4 rings (SSSR count). The van der Waals surface area contributed by atoms with Crippen molar-refractivity contribution in [2.24, 2.45) is 0 Å². The van der Waals surface area contributed by atoms with E-state index in [1.54, 1.807) is 11.3 Å². The SMILES string of the molecule is O=C1c2ccccc2CC12OC2c1cccs1. The number of fused-ring (bicyclic) bond motifs is 1. The highest BCUT2D eigenvalue weighted by Crippen LogP contribution is 2.57. The minimum Gasteiger partial charge on any atom is -0.351 e. The summed E-state index contributed by atoms with van der Waals surface area (Å²) in [6.45, 7) is 0.